The number of benzene rings is 5. The van der Waals surface area contributed by atoms with E-state index < -0.39 is 0 Å². The summed E-state index contributed by atoms with van der Waals surface area (Å²) in [6.07, 6.45) is 19.5. The van der Waals surface area contributed by atoms with Gasteiger partial charge in [-0.15, -0.1) is 0 Å². The van der Waals surface area contributed by atoms with Crippen LogP contribution < -0.4 is 0 Å². The highest BCUT2D eigenvalue weighted by Crippen LogP contribution is 2.41. The van der Waals surface area contributed by atoms with Crippen molar-refractivity contribution in [3.63, 3.8) is 0 Å². The molecule has 2 aliphatic carbocycles. The number of nitrogens with zero attached hydrogens (tertiary/aromatic N) is 4. The molecule has 0 saturated heterocycles. The van der Waals surface area contributed by atoms with E-state index in [2.05, 4.69) is 144 Å². The largest absolute Gasteiger partial charge is 0.313 e. The van der Waals surface area contributed by atoms with E-state index in [-0.39, 0.29) is 0 Å². The zero-order valence-corrected chi connectivity index (χ0v) is 30.8. The van der Waals surface area contributed by atoms with Crippen molar-refractivity contribution in [2.24, 2.45) is 0 Å². The van der Waals surface area contributed by atoms with Gasteiger partial charge in [-0.25, -0.2) is 0 Å². The minimum absolute atomic E-state index is 0.577. The zero-order chi connectivity index (χ0) is 37.5. The van der Waals surface area contributed by atoms with Crippen LogP contribution in [0.5, 0.6) is 0 Å². The molecule has 0 aliphatic heterocycles. The Morgan fingerprint density at radius 3 is 2.04 bits per heavy atom. The molecule has 0 fully saturated rings. The van der Waals surface area contributed by atoms with Crippen LogP contribution in [-0.2, 0) is 12.8 Å². The van der Waals surface area contributed by atoms with Gasteiger partial charge < -0.3 is 9.13 Å². The van der Waals surface area contributed by atoms with Crippen LogP contribution in [0.1, 0.15) is 59.0 Å². The summed E-state index contributed by atoms with van der Waals surface area (Å²) >= 11 is 0. The van der Waals surface area contributed by atoms with Gasteiger partial charge in [0, 0.05) is 44.7 Å². The fourth-order valence-corrected chi connectivity index (χ4v) is 8.50. The number of fused-ring (bicyclic) bond motifs is 6. The minimum atomic E-state index is 0.577. The van der Waals surface area contributed by atoms with E-state index in [1.54, 1.807) is 0 Å². The van der Waals surface area contributed by atoms with E-state index >= 15 is 0 Å². The van der Waals surface area contributed by atoms with Crippen LogP contribution in [-0.4, -0.2) is 9.13 Å². The van der Waals surface area contributed by atoms with E-state index in [1.165, 1.54) is 44.3 Å². The molecule has 9 rings (SSSR count). The summed E-state index contributed by atoms with van der Waals surface area (Å²) in [6, 6.07) is 42.1. The first-order valence-electron chi connectivity index (χ1n) is 18.9. The van der Waals surface area contributed by atoms with E-state index in [0.717, 1.165) is 70.5 Å². The van der Waals surface area contributed by atoms with E-state index in [4.69, 9.17) is 0 Å². The molecule has 55 heavy (non-hydrogen) atoms. The Bertz CT molecular complexity index is 2900. The summed E-state index contributed by atoms with van der Waals surface area (Å²) < 4.78 is 4.80. The second-order valence-corrected chi connectivity index (χ2v) is 14.2. The Kier molecular flexibility index (Phi) is 8.58. The van der Waals surface area contributed by atoms with Crippen LogP contribution >= 0.6 is 0 Å². The van der Waals surface area contributed by atoms with Crippen LogP contribution in [0.25, 0.3) is 73.2 Å². The van der Waals surface area contributed by atoms with Crippen LogP contribution in [0.15, 0.2) is 146 Å². The number of nitriles is 2. The Balaban J connectivity index is 1.23. The molecular weight excluding hydrogens is 669 g/mol. The number of hydrogen-bond acceptors (Lipinski definition) is 2. The van der Waals surface area contributed by atoms with Crippen molar-refractivity contribution in [3.05, 3.63) is 185 Å². The lowest BCUT2D eigenvalue weighted by molar-refractivity contribution is 0.888. The topological polar surface area (TPSA) is 57.4 Å². The van der Waals surface area contributed by atoms with Crippen molar-refractivity contribution in [1.29, 1.82) is 10.5 Å². The Morgan fingerprint density at radius 2 is 1.31 bits per heavy atom. The highest BCUT2D eigenvalue weighted by molar-refractivity contribution is 5.98. The second kappa shape index (κ2) is 14.0. The first-order chi connectivity index (χ1) is 27.1. The minimum Gasteiger partial charge on any atom is -0.313 e. The third-order valence-electron chi connectivity index (χ3n) is 11.1. The number of para-hydroxylation sites is 2. The molecule has 0 amide bonds. The molecule has 7 aromatic rings. The molecule has 262 valence electrons. The molecule has 2 heterocycles. The quantitative estimate of drug-likeness (QED) is 0.155. The fraction of sp³-hybridized carbons (Fsp3) is 0.0980. The third-order valence-corrected chi connectivity index (χ3v) is 11.1. The molecule has 5 aromatic carbocycles. The SMILES string of the molecule is C=C(/C=C\C(=C/C)n1c2c(c3ccccc31)C=CCC2)c1ccc(-n2c3c(c4ccccc42)C=CCC3)cc1-c1cc(C#N)ccc1-c1ccc(C#N)cc1. The molecule has 0 bridgehead atoms. The maximum Gasteiger partial charge on any atom is 0.0991 e. The Hall–Kier alpha value is -7.14. The average Bonchev–Trinajstić information content (AvgIpc) is 3.77. The Morgan fingerprint density at radius 1 is 0.655 bits per heavy atom. The maximum absolute atomic E-state index is 10.2. The van der Waals surface area contributed by atoms with Gasteiger partial charge in [0.1, 0.15) is 0 Å². The van der Waals surface area contributed by atoms with Gasteiger partial charge in [0.05, 0.1) is 34.3 Å². The lowest BCUT2D eigenvalue weighted by Crippen LogP contribution is -2.04. The lowest BCUT2D eigenvalue weighted by atomic mass is 9.87. The first-order valence-corrected chi connectivity index (χ1v) is 18.9. The number of hydrogen-bond donors (Lipinski definition) is 0. The molecule has 0 spiro atoms. The molecular formula is C51H38N4. The normalized spacial score (nSPS) is 13.5. The van der Waals surface area contributed by atoms with Crippen LogP contribution in [0.3, 0.4) is 0 Å². The molecule has 0 saturated carbocycles. The van der Waals surface area contributed by atoms with Crippen molar-refractivity contribution in [2.75, 3.05) is 0 Å². The van der Waals surface area contributed by atoms with Gasteiger partial charge in [-0.3, -0.25) is 0 Å². The molecule has 2 aliphatic rings. The van der Waals surface area contributed by atoms with Gasteiger partial charge in [0.15, 0.2) is 0 Å². The maximum atomic E-state index is 10.2. The van der Waals surface area contributed by atoms with Crippen molar-refractivity contribution in [3.8, 4) is 40.1 Å². The summed E-state index contributed by atoms with van der Waals surface area (Å²) in [7, 11) is 0. The van der Waals surface area contributed by atoms with Crippen molar-refractivity contribution < 1.29 is 0 Å². The molecule has 0 atom stereocenters. The highest BCUT2D eigenvalue weighted by Gasteiger charge is 2.22. The lowest BCUT2D eigenvalue weighted by Gasteiger charge is -2.19. The first kappa shape index (κ1) is 33.7. The molecule has 0 unspecified atom stereocenters. The van der Waals surface area contributed by atoms with Gasteiger partial charge in [-0.05, 0) is 121 Å². The number of aromatic nitrogens is 2. The predicted octanol–water partition coefficient (Wildman–Crippen LogP) is 12.7. The molecule has 2 aromatic heterocycles. The van der Waals surface area contributed by atoms with Gasteiger partial charge >= 0.3 is 0 Å². The third kappa shape index (κ3) is 5.77. The Labute approximate surface area is 321 Å². The van der Waals surface area contributed by atoms with Gasteiger partial charge in [0.2, 0.25) is 0 Å². The van der Waals surface area contributed by atoms with Crippen molar-refractivity contribution in [2.45, 2.75) is 32.6 Å². The summed E-state index contributed by atoms with van der Waals surface area (Å²) in [5.41, 5.74) is 16.6. The molecule has 0 N–H and O–H groups in total. The van der Waals surface area contributed by atoms with Crippen molar-refractivity contribution >= 4 is 45.2 Å². The zero-order valence-electron chi connectivity index (χ0n) is 30.8. The smallest absolute Gasteiger partial charge is 0.0991 e. The van der Waals surface area contributed by atoms with Crippen molar-refractivity contribution in [1.82, 2.24) is 9.13 Å². The van der Waals surface area contributed by atoms with Crippen LogP contribution in [0.2, 0.25) is 0 Å². The summed E-state index contributed by atoms with van der Waals surface area (Å²) in [5.74, 6) is 0. The van der Waals surface area contributed by atoms with Crippen LogP contribution in [0.4, 0.5) is 0 Å². The van der Waals surface area contributed by atoms with Gasteiger partial charge in [-0.2, -0.15) is 10.5 Å². The summed E-state index contributed by atoms with van der Waals surface area (Å²) in [4.78, 5) is 0. The summed E-state index contributed by atoms with van der Waals surface area (Å²) in [6.45, 7) is 6.77. The van der Waals surface area contributed by atoms with Gasteiger partial charge in [0.25, 0.3) is 0 Å². The highest BCUT2D eigenvalue weighted by atomic mass is 15.0. The summed E-state index contributed by atoms with van der Waals surface area (Å²) in [5, 5.41) is 22.2. The fourth-order valence-electron chi connectivity index (χ4n) is 8.50. The van der Waals surface area contributed by atoms with E-state index in [0.29, 0.717) is 11.1 Å². The standard InChI is InChI=1S/C51H38N4/c1-3-38(54-48-16-8-4-12-42(48)43-13-5-9-17-49(43)54)26-20-34(2)40-29-27-39(55-50-18-10-6-14-44(50)45-15-7-11-19-51(45)55)31-47(40)46-30-36(33-53)23-28-41(46)37-24-21-35(32-52)22-25-37/h3-8,10,12-16,18,20-31H,2,9,11,17,19H2,1H3/b26-20-,38-3+. The molecule has 4 heteroatoms. The second-order valence-electron chi connectivity index (χ2n) is 14.2. The number of allylic oxidation sites excluding steroid dienone is 7. The predicted molar refractivity (Wildman–Crippen MR) is 228 cm³/mol. The van der Waals surface area contributed by atoms with Gasteiger partial charge in [-0.1, -0.05) is 104 Å². The monoisotopic (exact) mass is 706 g/mol. The molecule has 4 nitrogen and oxygen atoms in total. The van der Waals surface area contributed by atoms with E-state index in [1.807, 2.05) is 42.5 Å². The molecule has 0 radical (unpaired) electrons. The van der Waals surface area contributed by atoms with Crippen LogP contribution in [0, 0.1) is 22.7 Å². The number of rotatable bonds is 7. The van der Waals surface area contributed by atoms with E-state index in [9.17, 15) is 10.5 Å². The average molecular weight is 707 g/mol.